The van der Waals surface area contributed by atoms with E-state index in [4.69, 9.17) is 4.42 Å². The molecule has 2 N–H and O–H groups in total. The molecular weight excluding hydrogens is 300 g/mol. The van der Waals surface area contributed by atoms with Crippen LogP contribution in [0.2, 0.25) is 0 Å². The van der Waals surface area contributed by atoms with Gasteiger partial charge in [-0.3, -0.25) is 19.5 Å². The number of amides is 4. The molecule has 4 amide bonds. The Morgan fingerprint density at radius 1 is 1.35 bits per heavy atom. The van der Waals surface area contributed by atoms with Gasteiger partial charge in [0.1, 0.15) is 11.7 Å². The first kappa shape index (κ1) is 14.8. The van der Waals surface area contributed by atoms with Crippen molar-refractivity contribution in [1.29, 1.82) is 0 Å². The minimum atomic E-state index is -0.990. The Bertz CT molecular complexity index is 714. The second kappa shape index (κ2) is 6.30. The molecular formula is C15H14N4O4. The fraction of sp³-hybridized carbons (Fsp3) is 0.200. The highest BCUT2D eigenvalue weighted by molar-refractivity contribution is 6.12. The summed E-state index contributed by atoms with van der Waals surface area (Å²) in [7, 11) is 0. The number of carbonyl (C=O) groups excluding carboxylic acids is 3. The molecule has 0 spiro atoms. The van der Waals surface area contributed by atoms with Crippen LogP contribution < -0.4 is 10.6 Å². The predicted octanol–water partition coefficient (Wildman–Crippen LogP) is 0.981. The highest BCUT2D eigenvalue weighted by Crippen LogP contribution is 2.16. The zero-order valence-electron chi connectivity index (χ0n) is 12.1. The molecule has 0 aliphatic carbocycles. The lowest BCUT2D eigenvalue weighted by Gasteiger charge is -2.30. The van der Waals surface area contributed by atoms with Crippen LogP contribution in [-0.2, 0) is 16.1 Å². The van der Waals surface area contributed by atoms with Gasteiger partial charge in [-0.1, -0.05) is 0 Å². The third-order valence-electron chi connectivity index (χ3n) is 3.43. The van der Waals surface area contributed by atoms with E-state index < -0.39 is 23.8 Å². The minimum absolute atomic E-state index is 0.0172. The van der Waals surface area contributed by atoms with Crippen molar-refractivity contribution in [3.63, 3.8) is 0 Å². The summed E-state index contributed by atoms with van der Waals surface area (Å²) >= 11 is 0. The Morgan fingerprint density at radius 3 is 2.83 bits per heavy atom. The highest BCUT2D eigenvalue weighted by atomic mass is 16.3. The van der Waals surface area contributed by atoms with Crippen molar-refractivity contribution in [3.8, 4) is 0 Å². The van der Waals surface area contributed by atoms with Crippen molar-refractivity contribution < 1.29 is 18.8 Å². The van der Waals surface area contributed by atoms with Crippen LogP contribution in [0.15, 0.2) is 47.3 Å². The van der Waals surface area contributed by atoms with Crippen LogP contribution in [0.25, 0.3) is 0 Å². The van der Waals surface area contributed by atoms with Crippen molar-refractivity contribution in [2.75, 3.05) is 11.9 Å². The Labute approximate surface area is 131 Å². The molecule has 0 aromatic carbocycles. The first-order chi connectivity index (χ1) is 11.1. The minimum Gasteiger partial charge on any atom is -0.467 e. The number of imide groups is 1. The van der Waals surface area contributed by atoms with Crippen molar-refractivity contribution in [2.24, 2.45) is 5.92 Å². The second-order valence-corrected chi connectivity index (χ2v) is 4.97. The van der Waals surface area contributed by atoms with Gasteiger partial charge in [-0.25, -0.2) is 4.79 Å². The number of hydrogen-bond donors (Lipinski definition) is 2. The Balaban J connectivity index is 1.71. The molecule has 8 heteroatoms. The van der Waals surface area contributed by atoms with Crippen LogP contribution in [0.1, 0.15) is 5.76 Å². The summed E-state index contributed by atoms with van der Waals surface area (Å²) < 4.78 is 5.14. The number of rotatable bonds is 4. The summed E-state index contributed by atoms with van der Waals surface area (Å²) in [6.45, 7) is -0.0556. The van der Waals surface area contributed by atoms with E-state index in [0.717, 1.165) is 4.90 Å². The number of hydrogen-bond acceptors (Lipinski definition) is 5. The molecule has 2 aromatic rings. The van der Waals surface area contributed by atoms with Crippen molar-refractivity contribution in [1.82, 2.24) is 15.2 Å². The lowest BCUT2D eigenvalue weighted by molar-refractivity contribution is -0.139. The molecule has 1 unspecified atom stereocenters. The quantitative estimate of drug-likeness (QED) is 0.819. The van der Waals surface area contributed by atoms with E-state index in [0.29, 0.717) is 11.4 Å². The molecule has 1 fully saturated rings. The highest BCUT2D eigenvalue weighted by Gasteiger charge is 2.38. The van der Waals surface area contributed by atoms with Crippen LogP contribution in [0.5, 0.6) is 0 Å². The lowest BCUT2D eigenvalue weighted by Crippen LogP contribution is -2.57. The van der Waals surface area contributed by atoms with Crippen LogP contribution in [0.4, 0.5) is 10.5 Å². The van der Waals surface area contributed by atoms with E-state index >= 15 is 0 Å². The molecule has 23 heavy (non-hydrogen) atoms. The topological polar surface area (TPSA) is 105 Å². The molecule has 1 aliphatic rings. The Kier molecular flexibility index (Phi) is 4.05. The molecule has 1 aliphatic heterocycles. The number of carbonyl (C=O) groups is 3. The molecule has 3 heterocycles. The molecule has 3 rings (SSSR count). The molecule has 1 saturated heterocycles. The van der Waals surface area contributed by atoms with Crippen molar-refractivity contribution in [2.45, 2.75) is 6.54 Å². The first-order valence-electron chi connectivity index (χ1n) is 6.97. The van der Waals surface area contributed by atoms with Crippen LogP contribution in [0.3, 0.4) is 0 Å². The molecule has 1 atom stereocenters. The molecule has 0 radical (unpaired) electrons. The number of furan rings is 1. The first-order valence-corrected chi connectivity index (χ1v) is 6.97. The summed E-state index contributed by atoms with van der Waals surface area (Å²) in [5.74, 6) is -1.57. The van der Waals surface area contributed by atoms with Crippen molar-refractivity contribution in [3.05, 3.63) is 48.7 Å². The number of urea groups is 1. The zero-order chi connectivity index (χ0) is 16.2. The average molecular weight is 314 g/mol. The van der Waals surface area contributed by atoms with Crippen LogP contribution >= 0.6 is 0 Å². The summed E-state index contributed by atoms with van der Waals surface area (Å²) in [6.07, 6.45) is 4.52. The zero-order valence-corrected chi connectivity index (χ0v) is 12.1. The SMILES string of the molecule is O=C(Nc1ccncc1)C1CNC(=O)N(Cc2ccco2)C1=O. The number of pyridine rings is 1. The van der Waals surface area contributed by atoms with E-state index in [2.05, 4.69) is 15.6 Å². The third kappa shape index (κ3) is 3.20. The van der Waals surface area contributed by atoms with E-state index in [9.17, 15) is 14.4 Å². The van der Waals surface area contributed by atoms with Gasteiger partial charge >= 0.3 is 6.03 Å². The van der Waals surface area contributed by atoms with Gasteiger partial charge in [0.25, 0.3) is 0 Å². The predicted molar refractivity (Wildman–Crippen MR) is 79.0 cm³/mol. The van der Waals surface area contributed by atoms with Gasteiger partial charge in [-0.15, -0.1) is 0 Å². The smallest absolute Gasteiger partial charge is 0.324 e. The van der Waals surface area contributed by atoms with Gasteiger partial charge in [0, 0.05) is 24.6 Å². The fourth-order valence-corrected chi connectivity index (χ4v) is 2.24. The maximum absolute atomic E-state index is 12.4. The van der Waals surface area contributed by atoms with Gasteiger partial charge in [0.15, 0.2) is 0 Å². The molecule has 0 saturated carbocycles. The van der Waals surface area contributed by atoms with Gasteiger partial charge in [0.05, 0.1) is 12.8 Å². The number of nitrogens with zero attached hydrogens (tertiary/aromatic N) is 2. The standard InChI is InChI=1S/C15H14N4O4/c20-13(18-10-3-5-16-6-4-10)12-8-17-15(22)19(14(12)21)9-11-2-1-7-23-11/h1-7,12H,8-9H2,(H,17,22)(H,16,18,20). The van der Waals surface area contributed by atoms with Gasteiger partial charge in [0.2, 0.25) is 11.8 Å². The fourth-order valence-electron chi connectivity index (χ4n) is 2.24. The normalized spacial score (nSPS) is 17.7. The van der Waals surface area contributed by atoms with Crippen molar-refractivity contribution >= 4 is 23.5 Å². The largest absolute Gasteiger partial charge is 0.467 e. The number of anilines is 1. The summed E-state index contributed by atoms with van der Waals surface area (Å²) in [4.78, 5) is 41.4. The average Bonchev–Trinajstić information content (AvgIpc) is 3.05. The Hall–Kier alpha value is -3.16. The maximum atomic E-state index is 12.4. The summed E-state index contributed by atoms with van der Waals surface area (Å²) in [5, 5.41) is 5.18. The molecule has 0 bridgehead atoms. The summed E-state index contributed by atoms with van der Waals surface area (Å²) in [6, 6.07) is 6.00. The van der Waals surface area contributed by atoms with Gasteiger partial charge in [-0.05, 0) is 24.3 Å². The number of nitrogens with one attached hydrogen (secondary N) is 2. The molecule has 118 valence electrons. The number of aromatic nitrogens is 1. The summed E-state index contributed by atoms with van der Waals surface area (Å²) in [5.41, 5.74) is 0.535. The Morgan fingerprint density at radius 2 is 2.13 bits per heavy atom. The monoisotopic (exact) mass is 314 g/mol. The van der Waals surface area contributed by atoms with Crippen LogP contribution in [-0.4, -0.2) is 34.3 Å². The third-order valence-corrected chi connectivity index (χ3v) is 3.43. The van der Waals surface area contributed by atoms with Crippen LogP contribution in [0, 0.1) is 5.92 Å². The van der Waals surface area contributed by atoms with E-state index in [-0.39, 0.29) is 13.1 Å². The molecule has 8 nitrogen and oxygen atoms in total. The lowest BCUT2D eigenvalue weighted by atomic mass is 10.0. The van der Waals surface area contributed by atoms with E-state index in [1.807, 2.05) is 0 Å². The van der Waals surface area contributed by atoms with Gasteiger partial charge < -0.3 is 15.1 Å². The van der Waals surface area contributed by atoms with Gasteiger partial charge in [-0.2, -0.15) is 0 Å². The van der Waals surface area contributed by atoms with E-state index in [1.165, 1.54) is 18.7 Å². The molecule has 2 aromatic heterocycles. The van der Waals surface area contributed by atoms with E-state index in [1.54, 1.807) is 24.3 Å². The maximum Gasteiger partial charge on any atom is 0.324 e. The second-order valence-electron chi connectivity index (χ2n) is 4.97.